The van der Waals surface area contributed by atoms with Gasteiger partial charge in [-0.3, -0.25) is 0 Å². The van der Waals surface area contributed by atoms with E-state index in [2.05, 4.69) is 15.9 Å². The molecule has 5 heteroatoms. The maximum absolute atomic E-state index is 10.8. The molecule has 0 aliphatic carbocycles. The zero-order chi connectivity index (χ0) is 9.19. The molecule has 0 heterocycles. The predicted molar refractivity (Wildman–Crippen MR) is 50.5 cm³/mol. The van der Waals surface area contributed by atoms with E-state index in [0.29, 0.717) is 5.75 Å². The summed E-state index contributed by atoms with van der Waals surface area (Å²) in [5.74, 6) is 0.395. The molecular formula is C7H8BrO3P. The zero-order valence-electron chi connectivity index (χ0n) is 6.40. The van der Waals surface area contributed by atoms with Crippen molar-refractivity contribution < 1.29 is 14.0 Å². The molecule has 0 aliphatic rings. The SMILES string of the molecule is CP(=O)(O)Oc1ccc(Br)cc1. The van der Waals surface area contributed by atoms with Gasteiger partial charge >= 0.3 is 7.60 Å². The van der Waals surface area contributed by atoms with E-state index in [0.717, 1.165) is 11.1 Å². The molecule has 1 N–H and O–H groups in total. The van der Waals surface area contributed by atoms with Crippen LogP contribution in [0.3, 0.4) is 0 Å². The Bertz CT molecular complexity index is 303. The van der Waals surface area contributed by atoms with Gasteiger partial charge in [0, 0.05) is 11.1 Å². The van der Waals surface area contributed by atoms with E-state index >= 15 is 0 Å². The van der Waals surface area contributed by atoms with Crippen LogP contribution in [0.4, 0.5) is 0 Å². The monoisotopic (exact) mass is 250 g/mol. The minimum Gasteiger partial charge on any atom is -0.425 e. The van der Waals surface area contributed by atoms with E-state index in [1.54, 1.807) is 24.3 Å². The van der Waals surface area contributed by atoms with Gasteiger partial charge in [-0.2, -0.15) is 0 Å². The van der Waals surface area contributed by atoms with Gasteiger partial charge < -0.3 is 9.42 Å². The second-order valence-electron chi connectivity index (χ2n) is 2.35. The van der Waals surface area contributed by atoms with Crippen LogP contribution in [-0.2, 0) is 4.57 Å². The van der Waals surface area contributed by atoms with Crippen LogP contribution in [0.5, 0.6) is 5.75 Å². The summed E-state index contributed by atoms with van der Waals surface area (Å²) in [6, 6.07) is 6.73. The van der Waals surface area contributed by atoms with E-state index in [1.165, 1.54) is 0 Å². The van der Waals surface area contributed by atoms with Gasteiger partial charge in [-0.05, 0) is 24.3 Å². The highest BCUT2D eigenvalue weighted by Crippen LogP contribution is 2.38. The molecule has 0 aliphatic heterocycles. The van der Waals surface area contributed by atoms with Gasteiger partial charge in [0.25, 0.3) is 0 Å². The minimum atomic E-state index is -3.42. The van der Waals surface area contributed by atoms with Gasteiger partial charge in [0.2, 0.25) is 0 Å². The fraction of sp³-hybridized carbons (Fsp3) is 0.143. The van der Waals surface area contributed by atoms with Crippen LogP contribution < -0.4 is 4.52 Å². The van der Waals surface area contributed by atoms with Crippen LogP contribution in [-0.4, -0.2) is 11.6 Å². The molecule has 0 saturated heterocycles. The van der Waals surface area contributed by atoms with E-state index in [1.807, 2.05) is 0 Å². The van der Waals surface area contributed by atoms with Crippen LogP contribution >= 0.6 is 23.5 Å². The Balaban J connectivity index is 2.78. The van der Waals surface area contributed by atoms with Crippen LogP contribution in [0.1, 0.15) is 0 Å². The lowest BCUT2D eigenvalue weighted by atomic mass is 10.3. The van der Waals surface area contributed by atoms with Crippen LogP contribution in [0.15, 0.2) is 28.7 Å². The van der Waals surface area contributed by atoms with Crippen LogP contribution in [0.25, 0.3) is 0 Å². The van der Waals surface area contributed by atoms with Crippen molar-refractivity contribution in [1.82, 2.24) is 0 Å². The van der Waals surface area contributed by atoms with Gasteiger partial charge in [0.1, 0.15) is 5.75 Å². The summed E-state index contributed by atoms with van der Waals surface area (Å²) < 4.78 is 16.4. The summed E-state index contributed by atoms with van der Waals surface area (Å²) in [6.45, 7) is 1.15. The predicted octanol–water partition coefficient (Wildman–Crippen LogP) is 2.64. The molecule has 0 fully saturated rings. The third kappa shape index (κ3) is 3.39. The van der Waals surface area contributed by atoms with Crippen molar-refractivity contribution in [3.8, 4) is 5.75 Å². The standard InChI is InChI=1S/C7H8BrO3P/c1-12(9,10)11-7-4-2-6(8)3-5-7/h2-5H,1H3,(H,9,10). The normalized spacial score (nSPS) is 15.2. The number of benzene rings is 1. The topological polar surface area (TPSA) is 46.5 Å². The second kappa shape index (κ2) is 3.60. The fourth-order valence-corrected chi connectivity index (χ4v) is 1.47. The third-order valence-corrected chi connectivity index (χ3v) is 2.17. The Labute approximate surface area is 79.0 Å². The first-order chi connectivity index (χ1) is 5.47. The van der Waals surface area contributed by atoms with Gasteiger partial charge in [-0.25, -0.2) is 4.57 Å². The van der Waals surface area contributed by atoms with Crippen molar-refractivity contribution in [1.29, 1.82) is 0 Å². The molecule has 0 spiro atoms. The first-order valence-corrected chi connectivity index (χ1v) is 6.04. The Morgan fingerprint density at radius 3 is 2.33 bits per heavy atom. The maximum Gasteiger partial charge on any atom is 0.373 e. The molecule has 0 aromatic heterocycles. The Morgan fingerprint density at radius 1 is 1.42 bits per heavy atom. The van der Waals surface area contributed by atoms with Crippen molar-refractivity contribution in [2.24, 2.45) is 0 Å². The van der Waals surface area contributed by atoms with E-state index in [9.17, 15) is 4.57 Å². The molecular weight excluding hydrogens is 243 g/mol. The summed E-state index contributed by atoms with van der Waals surface area (Å²) in [4.78, 5) is 8.86. The maximum atomic E-state index is 10.8. The highest BCUT2D eigenvalue weighted by molar-refractivity contribution is 9.10. The first-order valence-electron chi connectivity index (χ1n) is 3.23. The molecule has 1 unspecified atom stereocenters. The third-order valence-electron chi connectivity index (χ3n) is 1.09. The first kappa shape index (κ1) is 9.78. The number of rotatable bonds is 2. The Morgan fingerprint density at radius 2 is 1.92 bits per heavy atom. The lowest BCUT2D eigenvalue weighted by molar-refractivity contribution is 0.387. The average Bonchev–Trinajstić information content (AvgIpc) is 1.91. The molecule has 1 aromatic rings. The van der Waals surface area contributed by atoms with Crippen molar-refractivity contribution in [3.63, 3.8) is 0 Å². The van der Waals surface area contributed by atoms with Crippen LogP contribution in [0, 0.1) is 0 Å². The molecule has 0 saturated carbocycles. The molecule has 12 heavy (non-hydrogen) atoms. The van der Waals surface area contributed by atoms with Crippen molar-refractivity contribution in [2.45, 2.75) is 0 Å². The summed E-state index contributed by atoms with van der Waals surface area (Å²) in [7, 11) is -3.42. The largest absolute Gasteiger partial charge is 0.425 e. The fourth-order valence-electron chi connectivity index (χ4n) is 0.691. The molecule has 66 valence electrons. The Hall–Kier alpha value is -0.310. The zero-order valence-corrected chi connectivity index (χ0v) is 8.88. The smallest absolute Gasteiger partial charge is 0.373 e. The molecule has 0 bridgehead atoms. The Kier molecular flexibility index (Phi) is 2.94. The highest BCUT2D eigenvalue weighted by atomic mass is 79.9. The van der Waals surface area contributed by atoms with Crippen molar-refractivity contribution in [3.05, 3.63) is 28.7 Å². The van der Waals surface area contributed by atoms with Crippen LogP contribution in [0.2, 0.25) is 0 Å². The van der Waals surface area contributed by atoms with Crippen molar-refractivity contribution >= 4 is 23.5 Å². The van der Waals surface area contributed by atoms with Gasteiger partial charge in [0.15, 0.2) is 0 Å². The summed E-state index contributed by atoms with van der Waals surface area (Å²) >= 11 is 3.24. The molecule has 1 atom stereocenters. The number of hydrogen-bond donors (Lipinski definition) is 1. The summed E-state index contributed by atoms with van der Waals surface area (Å²) in [6.07, 6.45) is 0. The quantitative estimate of drug-likeness (QED) is 0.822. The van der Waals surface area contributed by atoms with Gasteiger partial charge in [-0.1, -0.05) is 15.9 Å². The second-order valence-corrected chi connectivity index (χ2v) is 5.05. The van der Waals surface area contributed by atoms with E-state index in [4.69, 9.17) is 9.42 Å². The lowest BCUT2D eigenvalue weighted by Crippen LogP contribution is -1.88. The lowest BCUT2D eigenvalue weighted by Gasteiger charge is -2.07. The van der Waals surface area contributed by atoms with E-state index in [-0.39, 0.29) is 0 Å². The van der Waals surface area contributed by atoms with E-state index < -0.39 is 7.60 Å². The van der Waals surface area contributed by atoms with Gasteiger partial charge in [0.05, 0.1) is 0 Å². The number of halogens is 1. The highest BCUT2D eigenvalue weighted by Gasteiger charge is 2.10. The van der Waals surface area contributed by atoms with Crippen molar-refractivity contribution in [2.75, 3.05) is 6.66 Å². The average molecular weight is 251 g/mol. The minimum absolute atomic E-state index is 0.395. The molecule has 0 amide bonds. The molecule has 3 nitrogen and oxygen atoms in total. The molecule has 0 radical (unpaired) electrons. The summed E-state index contributed by atoms with van der Waals surface area (Å²) in [5, 5.41) is 0. The molecule has 1 rings (SSSR count). The number of hydrogen-bond acceptors (Lipinski definition) is 2. The summed E-state index contributed by atoms with van der Waals surface area (Å²) in [5.41, 5.74) is 0. The molecule has 1 aromatic carbocycles. The van der Waals surface area contributed by atoms with Gasteiger partial charge in [-0.15, -0.1) is 0 Å².